The van der Waals surface area contributed by atoms with Gasteiger partial charge in [0.1, 0.15) is 0 Å². The maximum atomic E-state index is 9.02. The molecular weight excluding hydrogens is 547 g/mol. The highest BCUT2D eigenvalue weighted by Gasteiger charge is 2.43. The molecule has 2 rings (SSSR count). The molecular formula is C31H53NO3Si4. The predicted molar refractivity (Wildman–Crippen MR) is 176 cm³/mol. The molecule has 0 saturated heterocycles. The van der Waals surface area contributed by atoms with Crippen molar-refractivity contribution in [2.24, 2.45) is 0 Å². The van der Waals surface area contributed by atoms with Crippen LogP contribution in [-0.4, -0.2) is 33.8 Å². The van der Waals surface area contributed by atoms with Gasteiger partial charge in [-0.3, -0.25) is 0 Å². The van der Waals surface area contributed by atoms with Crippen LogP contribution in [0.2, 0.25) is 64.5 Å². The summed E-state index contributed by atoms with van der Waals surface area (Å²) in [6.07, 6.45) is 8.98. The number of unbranched alkanes of at least 4 members (excludes halogenated alkanes) is 5. The monoisotopic (exact) mass is 599 g/mol. The van der Waals surface area contributed by atoms with E-state index in [4.69, 9.17) is 17.6 Å². The van der Waals surface area contributed by atoms with Crippen molar-refractivity contribution in [3.8, 4) is 17.2 Å². The number of rotatable bonds is 17. The lowest BCUT2D eigenvalue weighted by Gasteiger charge is -2.41. The fraction of sp³-hybridized carbons (Fsp3) is 0.581. The Labute approximate surface area is 243 Å². The lowest BCUT2D eigenvalue weighted by Crippen LogP contribution is -2.56. The third-order valence-electron chi connectivity index (χ3n) is 6.99. The Morgan fingerprint density at radius 1 is 0.590 bits per heavy atom. The molecule has 0 bridgehead atoms. The molecule has 39 heavy (non-hydrogen) atoms. The van der Waals surface area contributed by atoms with Crippen molar-refractivity contribution in [2.45, 2.75) is 116 Å². The van der Waals surface area contributed by atoms with E-state index in [1.807, 2.05) is 24.3 Å². The number of hydrogen-bond donors (Lipinski definition) is 0. The molecule has 0 fully saturated rings. The number of benzene rings is 2. The zero-order valence-electron chi connectivity index (χ0n) is 26.2. The summed E-state index contributed by atoms with van der Waals surface area (Å²) in [6, 6.07) is 21.0. The molecule has 0 aromatic heterocycles. The summed E-state index contributed by atoms with van der Waals surface area (Å²) < 4.78 is 20.4. The van der Waals surface area contributed by atoms with Crippen LogP contribution in [0, 0.1) is 11.3 Å². The molecule has 0 amide bonds. The highest BCUT2D eigenvalue weighted by atomic mass is 28.5. The molecule has 216 valence electrons. The molecule has 0 N–H and O–H groups in total. The molecule has 0 unspecified atom stereocenters. The molecule has 2 aromatic carbocycles. The summed E-state index contributed by atoms with van der Waals surface area (Å²) in [5.74, 6) is 0. The van der Waals surface area contributed by atoms with E-state index >= 15 is 0 Å². The van der Waals surface area contributed by atoms with Crippen molar-refractivity contribution in [3.63, 3.8) is 0 Å². The van der Waals surface area contributed by atoms with E-state index in [0.29, 0.717) is 5.56 Å². The van der Waals surface area contributed by atoms with Gasteiger partial charge in [0.05, 0.1) is 11.6 Å². The van der Waals surface area contributed by atoms with E-state index in [-0.39, 0.29) is 0 Å². The van der Waals surface area contributed by atoms with Crippen LogP contribution < -0.4 is 0 Å². The van der Waals surface area contributed by atoms with Gasteiger partial charge in [-0.05, 0) is 99.7 Å². The van der Waals surface area contributed by atoms with Gasteiger partial charge in [0.15, 0.2) is 16.6 Å². The smallest absolute Gasteiger partial charge is 0.312 e. The van der Waals surface area contributed by atoms with Crippen molar-refractivity contribution in [1.82, 2.24) is 0 Å². The molecule has 0 spiro atoms. The number of aryl methyl sites for hydroxylation is 1. The molecule has 0 heterocycles. The average Bonchev–Trinajstić information content (AvgIpc) is 2.83. The SMILES string of the molecule is CCCCCCCC[Si](C)(C)O[Si](C)(C)O[Si](C)(C)O[Si](C)(C)CCc1ccc(-c2ccc(C#N)cc2)cc1. The Kier molecular flexibility index (Phi) is 13.1. The molecule has 8 heteroatoms. The average molecular weight is 600 g/mol. The van der Waals surface area contributed by atoms with Gasteiger partial charge in [-0.2, -0.15) is 5.26 Å². The highest BCUT2D eigenvalue weighted by molar-refractivity contribution is 6.89. The molecule has 0 atom stereocenters. The van der Waals surface area contributed by atoms with Gasteiger partial charge in [0.2, 0.25) is 0 Å². The van der Waals surface area contributed by atoms with Crippen LogP contribution in [0.1, 0.15) is 56.6 Å². The van der Waals surface area contributed by atoms with Gasteiger partial charge in [-0.1, -0.05) is 81.8 Å². The Balaban J connectivity index is 1.86. The third-order valence-corrected chi connectivity index (χ3v) is 22.3. The number of hydrogen-bond acceptors (Lipinski definition) is 4. The van der Waals surface area contributed by atoms with Crippen molar-refractivity contribution in [1.29, 1.82) is 5.26 Å². The van der Waals surface area contributed by atoms with Gasteiger partial charge >= 0.3 is 17.1 Å². The van der Waals surface area contributed by atoms with E-state index in [2.05, 4.69) is 89.6 Å². The largest absolute Gasteiger partial charge is 0.436 e. The Morgan fingerprint density at radius 3 is 1.56 bits per heavy atom. The van der Waals surface area contributed by atoms with Crippen LogP contribution in [0.4, 0.5) is 0 Å². The summed E-state index contributed by atoms with van der Waals surface area (Å²) in [6.45, 7) is 20.5. The molecule has 2 aromatic rings. The highest BCUT2D eigenvalue weighted by Crippen LogP contribution is 2.28. The van der Waals surface area contributed by atoms with Crippen LogP contribution in [0.3, 0.4) is 0 Å². The van der Waals surface area contributed by atoms with Gasteiger partial charge in [-0.15, -0.1) is 0 Å². The lowest BCUT2D eigenvalue weighted by molar-refractivity contribution is 0.327. The third kappa shape index (κ3) is 13.3. The van der Waals surface area contributed by atoms with Crippen molar-refractivity contribution >= 4 is 33.8 Å². The van der Waals surface area contributed by atoms with Gasteiger partial charge in [0.25, 0.3) is 0 Å². The van der Waals surface area contributed by atoms with Crippen molar-refractivity contribution < 1.29 is 12.3 Å². The summed E-state index contributed by atoms with van der Waals surface area (Å²) in [4.78, 5) is 0. The second-order valence-corrected chi connectivity index (χ2v) is 29.1. The van der Waals surface area contributed by atoms with Crippen LogP contribution in [-0.2, 0) is 18.8 Å². The first-order chi connectivity index (χ1) is 18.2. The maximum Gasteiger partial charge on any atom is 0.312 e. The normalized spacial score (nSPS) is 12.9. The van der Waals surface area contributed by atoms with E-state index in [1.54, 1.807) is 0 Å². The second kappa shape index (κ2) is 15.1. The van der Waals surface area contributed by atoms with E-state index in [9.17, 15) is 0 Å². The van der Waals surface area contributed by atoms with Crippen LogP contribution in [0.15, 0.2) is 48.5 Å². The van der Waals surface area contributed by atoms with Gasteiger partial charge in [0, 0.05) is 0 Å². The zero-order chi connectivity index (χ0) is 29.2. The fourth-order valence-electron chi connectivity index (χ4n) is 5.44. The minimum Gasteiger partial charge on any atom is -0.436 e. The quantitative estimate of drug-likeness (QED) is 0.134. The standard InChI is InChI=1S/C31H53NO3Si4/c1-10-11-12-13-14-15-25-36(2,3)33-38(6,7)35-39(8,9)34-37(4,5)26-24-28-16-20-30(21-17-28)31-22-18-29(27-32)19-23-31/h16-23H,10-15,24-26H2,1-9H3. The Morgan fingerprint density at radius 2 is 1.05 bits per heavy atom. The summed E-state index contributed by atoms with van der Waals surface area (Å²) in [7, 11) is -8.29. The fourth-order valence-corrected chi connectivity index (χ4v) is 24.7. The topological polar surface area (TPSA) is 51.5 Å². The summed E-state index contributed by atoms with van der Waals surface area (Å²) in [5.41, 5.74) is 4.33. The first-order valence-corrected chi connectivity index (χ1v) is 26.7. The Bertz CT molecular complexity index is 1040. The van der Waals surface area contributed by atoms with E-state index in [1.165, 1.54) is 55.7 Å². The Hall–Kier alpha value is -1.32. The predicted octanol–water partition coefficient (Wildman–Crippen LogP) is 9.99. The van der Waals surface area contributed by atoms with Crippen LogP contribution in [0.5, 0.6) is 0 Å². The van der Waals surface area contributed by atoms with Gasteiger partial charge in [-0.25, -0.2) is 0 Å². The van der Waals surface area contributed by atoms with Crippen molar-refractivity contribution in [3.05, 3.63) is 59.7 Å². The summed E-state index contributed by atoms with van der Waals surface area (Å²) in [5, 5.41) is 9.02. The molecule has 0 aliphatic carbocycles. The first kappa shape index (κ1) is 33.9. The van der Waals surface area contributed by atoms with Crippen molar-refractivity contribution in [2.75, 3.05) is 0 Å². The first-order valence-electron chi connectivity index (χ1n) is 14.9. The van der Waals surface area contributed by atoms with Crippen LogP contribution in [0.25, 0.3) is 11.1 Å². The molecule has 0 radical (unpaired) electrons. The molecule has 0 aliphatic heterocycles. The minimum atomic E-state index is -2.33. The van der Waals surface area contributed by atoms with Crippen LogP contribution >= 0.6 is 0 Å². The lowest BCUT2D eigenvalue weighted by atomic mass is 10.0. The minimum absolute atomic E-state index is 0.689. The molecule has 0 aliphatic rings. The number of nitrogens with zero attached hydrogens (tertiary/aromatic N) is 1. The maximum absolute atomic E-state index is 9.02. The summed E-state index contributed by atoms with van der Waals surface area (Å²) >= 11 is 0. The zero-order valence-corrected chi connectivity index (χ0v) is 30.2. The number of nitriles is 1. The second-order valence-electron chi connectivity index (χ2n) is 13.0. The molecule has 0 saturated carbocycles. The molecule has 4 nitrogen and oxygen atoms in total. The van der Waals surface area contributed by atoms with Gasteiger partial charge < -0.3 is 12.3 Å². The van der Waals surface area contributed by atoms with E-state index in [0.717, 1.165) is 18.0 Å². The van der Waals surface area contributed by atoms with E-state index < -0.39 is 33.8 Å².